The summed E-state index contributed by atoms with van der Waals surface area (Å²) in [6.45, 7) is 0.426. The highest BCUT2D eigenvalue weighted by Crippen LogP contribution is 2.24. The molecule has 7 nitrogen and oxygen atoms in total. The molecule has 1 amide bonds. The zero-order valence-electron chi connectivity index (χ0n) is 15.6. The summed E-state index contributed by atoms with van der Waals surface area (Å²) >= 11 is 6.08. The minimum Gasteiger partial charge on any atom is -0.352 e. The molecular weight excluding hydrogens is 411 g/mol. The molecule has 4 aromatic rings. The SMILES string of the molecule is O=C(CCn1cnc2onc(-c3ccc(F)cc3)c2c1=O)NCc1ccccc1Cl. The quantitative estimate of drug-likeness (QED) is 0.509. The fourth-order valence-corrected chi connectivity index (χ4v) is 3.19. The summed E-state index contributed by atoms with van der Waals surface area (Å²) in [6, 6.07) is 12.8. The molecule has 0 unspecified atom stereocenters. The third-order valence-corrected chi connectivity index (χ3v) is 4.96. The first kappa shape index (κ1) is 19.8. The van der Waals surface area contributed by atoms with Crippen LogP contribution in [0.2, 0.25) is 5.02 Å². The maximum absolute atomic E-state index is 13.2. The zero-order chi connectivity index (χ0) is 21.1. The van der Waals surface area contributed by atoms with Crippen LogP contribution in [0.3, 0.4) is 0 Å². The molecule has 9 heteroatoms. The van der Waals surface area contributed by atoms with E-state index in [-0.39, 0.29) is 41.2 Å². The smallest absolute Gasteiger partial charge is 0.266 e. The maximum Gasteiger partial charge on any atom is 0.266 e. The van der Waals surface area contributed by atoms with Crippen molar-refractivity contribution in [1.29, 1.82) is 0 Å². The number of amides is 1. The van der Waals surface area contributed by atoms with E-state index in [0.29, 0.717) is 17.1 Å². The van der Waals surface area contributed by atoms with E-state index in [1.165, 1.54) is 35.2 Å². The average Bonchev–Trinajstić information content (AvgIpc) is 3.18. The van der Waals surface area contributed by atoms with Crippen molar-refractivity contribution in [3.05, 3.63) is 81.6 Å². The van der Waals surface area contributed by atoms with Crippen LogP contribution in [-0.4, -0.2) is 20.6 Å². The predicted octanol–water partition coefficient (Wildman–Crippen LogP) is 3.55. The highest BCUT2D eigenvalue weighted by Gasteiger charge is 2.17. The van der Waals surface area contributed by atoms with Crippen molar-refractivity contribution < 1.29 is 13.7 Å². The van der Waals surface area contributed by atoms with Gasteiger partial charge in [-0.1, -0.05) is 35.0 Å². The number of benzene rings is 2. The zero-order valence-corrected chi connectivity index (χ0v) is 16.4. The molecule has 0 fully saturated rings. The highest BCUT2D eigenvalue weighted by molar-refractivity contribution is 6.31. The monoisotopic (exact) mass is 426 g/mol. The van der Waals surface area contributed by atoms with E-state index in [2.05, 4.69) is 15.5 Å². The second kappa shape index (κ2) is 8.46. The number of aryl methyl sites for hydroxylation is 1. The van der Waals surface area contributed by atoms with Crippen LogP contribution in [0.1, 0.15) is 12.0 Å². The molecule has 0 saturated carbocycles. The summed E-state index contributed by atoms with van der Waals surface area (Å²) in [6.07, 6.45) is 1.39. The number of nitrogens with zero attached hydrogens (tertiary/aromatic N) is 3. The Balaban J connectivity index is 1.49. The van der Waals surface area contributed by atoms with E-state index in [4.69, 9.17) is 16.1 Å². The van der Waals surface area contributed by atoms with Crippen molar-refractivity contribution in [2.24, 2.45) is 0 Å². The Hall–Kier alpha value is -3.52. The minimum absolute atomic E-state index is 0.0781. The molecule has 0 atom stereocenters. The number of hydrogen-bond acceptors (Lipinski definition) is 5. The molecule has 4 rings (SSSR count). The van der Waals surface area contributed by atoms with Crippen LogP contribution in [0.4, 0.5) is 4.39 Å². The lowest BCUT2D eigenvalue weighted by molar-refractivity contribution is -0.121. The van der Waals surface area contributed by atoms with Gasteiger partial charge < -0.3 is 9.84 Å². The molecule has 152 valence electrons. The van der Waals surface area contributed by atoms with Gasteiger partial charge in [0.15, 0.2) is 0 Å². The number of fused-ring (bicyclic) bond motifs is 1. The van der Waals surface area contributed by atoms with Gasteiger partial charge >= 0.3 is 0 Å². The lowest BCUT2D eigenvalue weighted by Gasteiger charge is -2.08. The third-order valence-electron chi connectivity index (χ3n) is 4.59. The third kappa shape index (κ3) is 4.08. The molecule has 0 saturated heterocycles. The lowest BCUT2D eigenvalue weighted by atomic mass is 10.1. The summed E-state index contributed by atoms with van der Waals surface area (Å²) in [4.78, 5) is 29.2. The van der Waals surface area contributed by atoms with Crippen molar-refractivity contribution in [2.75, 3.05) is 0 Å². The second-order valence-electron chi connectivity index (χ2n) is 6.58. The Morgan fingerprint density at radius 2 is 1.93 bits per heavy atom. The summed E-state index contributed by atoms with van der Waals surface area (Å²) in [5.74, 6) is -0.629. The fourth-order valence-electron chi connectivity index (χ4n) is 2.99. The lowest BCUT2D eigenvalue weighted by Crippen LogP contribution is -2.27. The Kier molecular flexibility index (Phi) is 5.58. The maximum atomic E-state index is 13.2. The Labute approximate surface area is 175 Å². The van der Waals surface area contributed by atoms with E-state index in [1.807, 2.05) is 18.2 Å². The molecule has 0 radical (unpaired) electrons. The predicted molar refractivity (Wildman–Crippen MR) is 109 cm³/mol. The van der Waals surface area contributed by atoms with Gasteiger partial charge in [0, 0.05) is 30.1 Å². The Morgan fingerprint density at radius 3 is 2.70 bits per heavy atom. The molecule has 0 aliphatic carbocycles. The molecule has 2 aromatic carbocycles. The summed E-state index contributed by atoms with van der Waals surface area (Å²) in [7, 11) is 0. The Bertz CT molecular complexity index is 1270. The van der Waals surface area contributed by atoms with Crippen LogP contribution in [-0.2, 0) is 17.9 Å². The number of rotatable bonds is 6. The van der Waals surface area contributed by atoms with E-state index in [0.717, 1.165) is 5.56 Å². The Morgan fingerprint density at radius 1 is 1.17 bits per heavy atom. The van der Waals surface area contributed by atoms with E-state index in [9.17, 15) is 14.0 Å². The molecule has 0 aliphatic rings. The van der Waals surface area contributed by atoms with Gasteiger partial charge in [-0.3, -0.25) is 14.2 Å². The van der Waals surface area contributed by atoms with E-state index in [1.54, 1.807) is 6.07 Å². The molecule has 2 aromatic heterocycles. The standard InChI is InChI=1S/C21H16ClFN4O3/c22-16-4-2-1-3-14(16)11-24-17(28)9-10-27-12-25-20-18(21(27)29)19(26-30-20)13-5-7-15(23)8-6-13/h1-8,12H,9-11H2,(H,24,28). The van der Waals surface area contributed by atoms with Gasteiger partial charge in [-0.25, -0.2) is 9.37 Å². The molecule has 0 bridgehead atoms. The first-order valence-corrected chi connectivity index (χ1v) is 9.51. The molecule has 0 aliphatic heterocycles. The molecule has 30 heavy (non-hydrogen) atoms. The van der Waals surface area contributed by atoms with Crippen molar-refractivity contribution in [3.8, 4) is 11.3 Å². The van der Waals surface area contributed by atoms with E-state index < -0.39 is 5.82 Å². The molecule has 2 heterocycles. The highest BCUT2D eigenvalue weighted by atomic mass is 35.5. The minimum atomic E-state index is -0.398. The normalized spacial score (nSPS) is 11.0. The summed E-state index contributed by atoms with van der Waals surface area (Å²) in [5.41, 5.74) is 1.31. The number of aromatic nitrogens is 3. The number of nitrogens with one attached hydrogen (secondary N) is 1. The van der Waals surface area contributed by atoms with Crippen LogP contribution >= 0.6 is 11.6 Å². The summed E-state index contributed by atoms with van der Waals surface area (Å²) < 4.78 is 19.6. The summed E-state index contributed by atoms with van der Waals surface area (Å²) in [5, 5.41) is 7.43. The molecule has 1 N–H and O–H groups in total. The van der Waals surface area contributed by atoms with Gasteiger partial charge in [0.2, 0.25) is 5.91 Å². The van der Waals surface area contributed by atoms with Gasteiger partial charge in [0.05, 0.1) is 0 Å². The topological polar surface area (TPSA) is 90.0 Å². The van der Waals surface area contributed by atoms with Gasteiger partial charge in [0.1, 0.15) is 23.2 Å². The first-order chi connectivity index (χ1) is 14.5. The van der Waals surface area contributed by atoms with E-state index >= 15 is 0 Å². The first-order valence-electron chi connectivity index (χ1n) is 9.14. The van der Waals surface area contributed by atoms with Gasteiger partial charge in [-0.2, -0.15) is 0 Å². The number of carbonyl (C=O) groups excluding carboxylic acids is 1. The largest absolute Gasteiger partial charge is 0.352 e. The number of halogens is 2. The van der Waals surface area contributed by atoms with Crippen LogP contribution < -0.4 is 10.9 Å². The molecule has 0 spiro atoms. The van der Waals surface area contributed by atoms with Crippen LogP contribution in [0.5, 0.6) is 0 Å². The van der Waals surface area contributed by atoms with Crippen molar-refractivity contribution in [2.45, 2.75) is 19.5 Å². The van der Waals surface area contributed by atoms with Gasteiger partial charge in [0.25, 0.3) is 11.3 Å². The van der Waals surface area contributed by atoms with Gasteiger partial charge in [-0.05, 0) is 35.9 Å². The van der Waals surface area contributed by atoms with Gasteiger partial charge in [-0.15, -0.1) is 0 Å². The average molecular weight is 427 g/mol. The van der Waals surface area contributed by atoms with Crippen LogP contribution in [0.15, 0.2) is 64.2 Å². The fraction of sp³-hybridized carbons (Fsp3) is 0.143. The second-order valence-corrected chi connectivity index (χ2v) is 6.99. The number of carbonyl (C=O) groups is 1. The van der Waals surface area contributed by atoms with Crippen LogP contribution in [0, 0.1) is 5.82 Å². The van der Waals surface area contributed by atoms with Crippen LogP contribution in [0.25, 0.3) is 22.4 Å². The van der Waals surface area contributed by atoms with Crippen molar-refractivity contribution >= 4 is 28.6 Å². The number of hydrogen-bond donors (Lipinski definition) is 1. The molecular formula is C21H16ClFN4O3. The van der Waals surface area contributed by atoms with Crippen molar-refractivity contribution in [3.63, 3.8) is 0 Å². The van der Waals surface area contributed by atoms with Crippen molar-refractivity contribution in [1.82, 2.24) is 20.0 Å².